The van der Waals surface area contributed by atoms with Gasteiger partial charge in [0, 0.05) is 49.8 Å². The lowest BCUT2D eigenvalue weighted by atomic mass is 9.87. The summed E-state index contributed by atoms with van der Waals surface area (Å²) in [5.41, 5.74) is 6.28. The molecule has 392 valence electrons. The van der Waals surface area contributed by atoms with Gasteiger partial charge < -0.3 is 36.2 Å². The average Bonchev–Trinajstić information content (AvgIpc) is 3.99. The molecule has 0 saturated carbocycles. The van der Waals surface area contributed by atoms with Crippen LogP contribution in [0.15, 0.2) is 97.1 Å². The topological polar surface area (TPSA) is 195 Å². The molecule has 0 aromatic heterocycles. The first-order valence-electron chi connectivity index (χ1n) is 26.3. The van der Waals surface area contributed by atoms with Gasteiger partial charge in [0.2, 0.25) is 23.6 Å². The Morgan fingerprint density at radius 3 is 1.93 bits per heavy atom. The lowest BCUT2D eigenvalue weighted by Crippen LogP contribution is -2.57. The summed E-state index contributed by atoms with van der Waals surface area (Å²) >= 11 is 0. The van der Waals surface area contributed by atoms with Crippen molar-refractivity contribution in [2.24, 2.45) is 0 Å². The van der Waals surface area contributed by atoms with Crippen molar-refractivity contribution in [3.05, 3.63) is 142 Å². The molecule has 4 aromatic rings. The molecule has 0 bridgehead atoms. The molecule has 5 N–H and O–H groups in total. The summed E-state index contributed by atoms with van der Waals surface area (Å²) in [6.07, 6.45) is 6.03. The first-order valence-corrected chi connectivity index (χ1v) is 29.7. The van der Waals surface area contributed by atoms with Crippen LogP contribution in [0.1, 0.15) is 126 Å². The van der Waals surface area contributed by atoms with Gasteiger partial charge in [0.05, 0.1) is 26.2 Å². The number of carbonyl (C=O) groups excluding carboxylic acids is 7. The van der Waals surface area contributed by atoms with Crippen molar-refractivity contribution in [1.29, 1.82) is 0 Å². The number of ether oxygens (including phenoxy) is 1. The normalized spacial score (nSPS) is 21.7. The maximum Gasteiger partial charge on any atom is 0.410 e. The molecule has 7 atom stereocenters. The van der Waals surface area contributed by atoms with Crippen LogP contribution >= 0.6 is 0 Å². The number of rotatable bonds is 15. The number of Topliss-reactive ketones (excluding diaryl/α,β-unsaturated/α-hetero) is 1. The van der Waals surface area contributed by atoms with Crippen molar-refractivity contribution in [2.45, 2.75) is 153 Å². The fourth-order valence-electron chi connectivity index (χ4n) is 10.9. The zero-order valence-corrected chi connectivity index (χ0v) is 44.9. The van der Waals surface area contributed by atoms with Gasteiger partial charge in [0.25, 0.3) is 5.91 Å². The maximum absolute atomic E-state index is 14.9. The number of fused-ring (bicyclic) bond motifs is 2. The molecule has 2 aliphatic heterocycles. The molecular formula is C58H73N7O8Si. The molecule has 2 saturated heterocycles. The van der Waals surface area contributed by atoms with Crippen molar-refractivity contribution < 1.29 is 38.3 Å². The first-order chi connectivity index (χ1) is 35.2. The highest BCUT2D eigenvalue weighted by atomic mass is 28.3. The second-order valence-corrected chi connectivity index (χ2v) is 27.6. The van der Waals surface area contributed by atoms with Gasteiger partial charge in [-0.1, -0.05) is 98.0 Å². The van der Waals surface area contributed by atoms with E-state index < -0.39 is 49.8 Å². The van der Waals surface area contributed by atoms with E-state index in [4.69, 9.17) is 4.74 Å². The Morgan fingerprint density at radius 2 is 1.32 bits per heavy atom. The van der Waals surface area contributed by atoms with E-state index in [2.05, 4.69) is 63.9 Å². The predicted octanol–water partition coefficient (Wildman–Crippen LogP) is 6.70. The molecule has 2 aliphatic carbocycles. The molecule has 15 nitrogen and oxygen atoms in total. The number of amides is 6. The highest BCUT2D eigenvalue weighted by molar-refractivity contribution is 6.79. The number of aryl methyl sites for hydroxylation is 2. The number of likely N-dealkylation sites (N-methyl/N-ethyl adjacent to an activating group) is 1. The second-order valence-electron chi connectivity index (χ2n) is 22.5. The van der Waals surface area contributed by atoms with Crippen LogP contribution in [-0.4, -0.2) is 115 Å². The number of hydrogen-bond donors (Lipinski definition) is 5. The minimum Gasteiger partial charge on any atom is -0.444 e. The number of carbonyl (C=O) groups is 7. The number of nitrogens with one attached hydrogen (secondary N) is 5. The molecule has 16 heteroatoms. The third kappa shape index (κ3) is 13.2. The number of nitrogens with zero attached hydrogens (tertiary/aromatic N) is 2. The third-order valence-electron chi connectivity index (χ3n) is 15.0. The van der Waals surface area contributed by atoms with Gasteiger partial charge in [0.15, 0.2) is 5.78 Å². The Kier molecular flexibility index (Phi) is 16.6. The monoisotopic (exact) mass is 1020 g/mol. The standard InChI is InChI=1S/C58H73N7O8Si/c1-36(64(5)57(72)73-58(2,3)4)52(67)63-49(56(71)65-35-74(6,7)34-50(65)55(70)62-47-21-13-17-40-15-9-11-19-45(40)47)30-37-22-24-38(25-23-37)31-51(66)41-26-28-42(29-27-41)53(68)60-43-32-48(59-33-43)54(69)61-46-20-12-16-39-14-8-10-18-44(39)46/h8-11,14-15,18-19,22-29,36,43,46-50,59H,12-13,16-17,20-21,30-35H2,1-7H3,(H,60,68)(H,61,69)(H,62,70)(H,63,67)/t36-,43?,46+,47?,48-,49-,50-/m0/s1. The Hall–Kier alpha value is -6.65. The zero-order chi connectivity index (χ0) is 52.9. The molecule has 4 aromatic carbocycles. The minimum absolute atomic E-state index is 0.0205. The quantitative estimate of drug-likeness (QED) is 0.0636. The lowest BCUT2D eigenvalue weighted by molar-refractivity contribution is -0.141. The van der Waals surface area contributed by atoms with Gasteiger partial charge in [-0.2, -0.15) is 0 Å². The summed E-state index contributed by atoms with van der Waals surface area (Å²) in [5, 5.41) is 15.8. The van der Waals surface area contributed by atoms with E-state index in [1.54, 1.807) is 56.9 Å². The smallest absolute Gasteiger partial charge is 0.410 e. The van der Waals surface area contributed by atoms with E-state index in [9.17, 15) is 33.6 Å². The van der Waals surface area contributed by atoms with Gasteiger partial charge in [-0.3, -0.25) is 33.7 Å². The fraction of sp³-hybridized carbons (Fsp3) is 0.466. The van der Waals surface area contributed by atoms with E-state index in [-0.39, 0.29) is 60.4 Å². The van der Waals surface area contributed by atoms with Crippen molar-refractivity contribution >= 4 is 49.5 Å². The van der Waals surface area contributed by atoms with Crippen LogP contribution in [0.3, 0.4) is 0 Å². The molecule has 0 spiro atoms. The minimum atomic E-state index is -2.08. The second kappa shape index (κ2) is 22.9. The van der Waals surface area contributed by atoms with E-state index in [1.165, 1.54) is 28.6 Å². The van der Waals surface area contributed by atoms with Crippen LogP contribution in [-0.2, 0) is 49.6 Å². The van der Waals surface area contributed by atoms with Gasteiger partial charge in [-0.15, -0.1) is 0 Å². The Morgan fingerprint density at radius 1 is 0.757 bits per heavy atom. The average molecular weight is 1020 g/mol. The van der Waals surface area contributed by atoms with Crippen molar-refractivity contribution in [1.82, 2.24) is 36.4 Å². The van der Waals surface area contributed by atoms with E-state index >= 15 is 0 Å². The summed E-state index contributed by atoms with van der Waals surface area (Å²) in [7, 11) is -0.601. The van der Waals surface area contributed by atoms with Crippen LogP contribution < -0.4 is 26.6 Å². The third-order valence-corrected chi connectivity index (χ3v) is 17.7. The molecular weight excluding hydrogens is 951 g/mol. The van der Waals surface area contributed by atoms with Crippen LogP contribution in [0.2, 0.25) is 19.1 Å². The SMILES string of the molecule is C[C@@H](C(=O)N[C@@H](Cc1ccc(CC(=O)c2ccc(C(=O)NC3CN[C@H](C(=O)N[C@@H]4CCCc5ccccc54)C3)cc2)cc1)C(=O)N1C[Si](C)(C)C[C@H]1C(=O)NC1CCCc2ccccc21)N(C)C(=O)OC(C)(C)C. The summed E-state index contributed by atoms with van der Waals surface area (Å²) in [5.74, 6) is -1.64. The lowest BCUT2D eigenvalue weighted by Gasteiger charge is -2.33. The van der Waals surface area contributed by atoms with Crippen LogP contribution in [0, 0.1) is 0 Å². The zero-order valence-electron chi connectivity index (χ0n) is 43.9. The van der Waals surface area contributed by atoms with E-state index in [0.29, 0.717) is 36.3 Å². The Bertz CT molecular complexity index is 2740. The predicted molar refractivity (Wildman–Crippen MR) is 286 cm³/mol. The van der Waals surface area contributed by atoms with E-state index in [0.717, 1.165) is 55.2 Å². The Labute approximate surface area is 436 Å². The summed E-state index contributed by atoms with van der Waals surface area (Å²) in [6, 6.07) is 27.2. The van der Waals surface area contributed by atoms with Crippen molar-refractivity contribution in [3.8, 4) is 0 Å². The van der Waals surface area contributed by atoms with Gasteiger partial charge in [-0.25, -0.2) is 4.79 Å². The number of ketones is 1. The Balaban J connectivity index is 0.894. The highest BCUT2D eigenvalue weighted by Gasteiger charge is 2.47. The largest absolute Gasteiger partial charge is 0.444 e. The van der Waals surface area contributed by atoms with Crippen molar-refractivity contribution in [2.75, 3.05) is 19.8 Å². The molecule has 4 aliphatic rings. The van der Waals surface area contributed by atoms with Crippen LogP contribution in [0.4, 0.5) is 4.79 Å². The molecule has 2 heterocycles. The van der Waals surface area contributed by atoms with Crippen LogP contribution in [0.25, 0.3) is 0 Å². The molecule has 0 radical (unpaired) electrons. The van der Waals surface area contributed by atoms with Gasteiger partial charge in [0.1, 0.15) is 23.7 Å². The summed E-state index contributed by atoms with van der Waals surface area (Å²) < 4.78 is 5.52. The molecule has 2 unspecified atom stereocenters. The van der Waals surface area contributed by atoms with Gasteiger partial charge >= 0.3 is 6.09 Å². The maximum atomic E-state index is 14.9. The molecule has 2 fully saturated rings. The first kappa shape index (κ1) is 53.6. The summed E-state index contributed by atoms with van der Waals surface area (Å²) in [4.78, 5) is 99.1. The van der Waals surface area contributed by atoms with E-state index in [1.807, 2.05) is 48.5 Å². The summed E-state index contributed by atoms with van der Waals surface area (Å²) in [6.45, 7) is 11.6. The van der Waals surface area contributed by atoms with Crippen molar-refractivity contribution in [3.63, 3.8) is 0 Å². The van der Waals surface area contributed by atoms with Gasteiger partial charge in [-0.05, 0) is 124 Å². The number of benzene rings is 4. The fourth-order valence-corrected chi connectivity index (χ4v) is 13.8. The number of hydrogen-bond acceptors (Lipinski definition) is 9. The highest BCUT2D eigenvalue weighted by Crippen LogP contribution is 2.33. The molecule has 74 heavy (non-hydrogen) atoms. The molecule has 6 amide bonds. The molecule has 8 rings (SSSR count). The van der Waals surface area contributed by atoms with Crippen LogP contribution in [0.5, 0.6) is 0 Å².